The fourth-order valence-corrected chi connectivity index (χ4v) is 6.45. The van der Waals surface area contributed by atoms with Gasteiger partial charge in [0.05, 0.1) is 23.5 Å². The van der Waals surface area contributed by atoms with Crippen molar-refractivity contribution in [2.24, 2.45) is 0 Å². The molecule has 0 unspecified atom stereocenters. The Balaban J connectivity index is 1.33. The van der Waals surface area contributed by atoms with Crippen molar-refractivity contribution in [1.82, 2.24) is 14.9 Å². The molecule has 3 heterocycles. The SMILES string of the molecule is Cc1cccc(C)c1-n1c(C)cc([C@H]2[C@@H](c3ccccn3)NC(=S)N2c2ccc(NC(=O)COc3ccccc3)cc2)c1C. The Hall–Kier alpha value is -4.95. The monoisotopic (exact) mass is 601 g/mol. The molecule has 2 N–H and O–H groups in total. The number of hydrogen-bond donors (Lipinski definition) is 2. The molecular formula is C36H35N5O2S. The van der Waals surface area contributed by atoms with E-state index < -0.39 is 0 Å². The second-order valence-electron chi connectivity index (χ2n) is 11.1. The zero-order valence-corrected chi connectivity index (χ0v) is 26.1. The summed E-state index contributed by atoms with van der Waals surface area (Å²) in [7, 11) is 0. The van der Waals surface area contributed by atoms with Gasteiger partial charge in [0.25, 0.3) is 5.91 Å². The Kier molecular flexibility index (Phi) is 8.17. The molecule has 0 radical (unpaired) electrons. The number of amides is 1. The number of para-hydroxylation sites is 2. The normalized spacial score (nSPS) is 16.1. The highest BCUT2D eigenvalue weighted by molar-refractivity contribution is 7.80. The number of benzene rings is 3. The molecule has 7 nitrogen and oxygen atoms in total. The summed E-state index contributed by atoms with van der Waals surface area (Å²) in [4.78, 5) is 19.4. The highest BCUT2D eigenvalue weighted by atomic mass is 32.1. The van der Waals surface area contributed by atoms with Crippen LogP contribution in [0.2, 0.25) is 0 Å². The molecule has 8 heteroatoms. The lowest BCUT2D eigenvalue weighted by Crippen LogP contribution is -2.29. The van der Waals surface area contributed by atoms with Crippen LogP contribution in [0.5, 0.6) is 5.75 Å². The van der Waals surface area contributed by atoms with Crippen molar-refractivity contribution in [3.63, 3.8) is 0 Å². The number of aryl methyl sites for hydroxylation is 3. The average molecular weight is 602 g/mol. The molecule has 6 rings (SSSR count). The minimum Gasteiger partial charge on any atom is -0.484 e. The van der Waals surface area contributed by atoms with Crippen LogP contribution in [0.4, 0.5) is 11.4 Å². The first kappa shape index (κ1) is 29.1. The van der Waals surface area contributed by atoms with E-state index in [9.17, 15) is 4.79 Å². The topological polar surface area (TPSA) is 71.4 Å². The number of aromatic nitrogens is 2. The molecule has 5 aromatic rings. The van der Waals surface area contributed by atoms with E-state index in [1.807, 2.05) is 79.0 Å². The molecule has 1 saturated heterocycles. The maximum atomic E-state index is 12.6. The lowest BCUT2D eigenvalue weighted by molar-refractivity contribution is -0.118. The summed E-state index contributed by atoms with van der Waals surface area (Å²) < 4.78 is 7.94. The van der Waals surface area contributed by atoms with Gasteiger partial charge in [-0.1, -0.05) is 42.5 Å². The molecule has 1 aliphatic heterocycles. The van der Waals surface area contributed by atoms with Gasteiger partial charge in [0.15, 0.2) is 11.7 Å². The van der Waals surface area contributed by atoms with E-state index >= 15 is 0 Å². The second kappa shape index (κ2) is 12.3. The van der Waals surface area contributed by atoms with E-state index in [2.05, 4.69) is 72.1 Å². The van der Waals surface area contributed by atoms with Crippen LogP contribution < -0.4 is 20.3 Å². The second-order valence-corrected chi connectivity index (χ2v) is 11.5. The van der Waals surface area contributed by atoms with Gasteiger partial charge in [-0.15, -0.1) is 0 Å². The number of hydrogen-bond acceptors (Lipinski definition) is 4. The van der Waals surface area contributed by atoms with Crippen LogP contribution >= 0.6 is 12.2 Å². The first-order chi connectivity index (χ1) is 21.3. The van der Waals surface area contributed by atoms with E-state index in [1.54, 1.807) is 0 Å². The van der Waals surface area contributed by atoms with Crippen LogP contribution in [-0.2, 0) is 4.79 Å². The zero-order chi connectivity index (χ0) is 30.8. The van der Waals surface area contributed by atoms with Crippen LogP contribution in [-0.4, -0.2) is 27.2 Å². The lowest BCUT2D eigenvalue weighted by Gasteiger charge is -2.28. The van der Waals surface area contributed by atoms with E-state index in [0.29, 0.717) is 16.5 Å². The van der Waals surface area contributed by atoms with E-state index in [-0.39, 0.29) is 24.6 Å². The molecule has 1 amide bonds. The van der Waals surface area contributed by atoms with Crippen LogP contribution in [0.3, 0.4) is 0 Å². The molecule has 44 heavy (non-hydrogen) atoms. The third-order valence-electron chi connectivity index (χ3n) is 8.09. The van der Waals surface area contributed by atoms with Gasteiger partial charge < -0.3 is 24.8 Å². The molecule has 0 aliphatic carbocycles. The summed E-state index contributed by atoms with van der Waals surface area (Å²) in [5.41, 5.74) is 9.66. The number of carbonyl (C=O) groups excluding carboxylic acids is 1. The first-order valence-corrected chi connectivity index (χ1v) is 15.1. The van der Waals surface area contributed by atoms with Gasteiger partial charge in [0.1, 0.15) is 5.75 Å². The van der Waals surface area contributed by atoms with Crippen molar-refractivity contribution in [2.75, 3.05) is 16.8 Å². The predicted molar refractivity (Wildman–Crippen MR) is 180 cm³/mol. The quantitative estimate of drug-likeness (QED) is 0.182. The minimum absolute atomic E-state index is 0.0737. The van der Waals surface area contributed by atoms with Gasteiger partial charge in [-0.3, -0.25) is 9.78 Å². The van der Waals surface area contributed by atoms with Gasteiger partial charge in [0.2, 0.25) is 0 Å². The van der Waals surface area contributed by atoms with E-state index in [4.69, 9.17) is 21.9 Å². The largest absolute Gasteiger partial charge is 0.484 e. The molecule has 3 aromatic carbocycles. The number of nitrogens with one attached hydrogen (secondary N) is 2. The van der Waals surface area contributed by atoms with Crippen LogP contribution in [0.25, 0.3) is 5.69 Å². The van der Waals surface area contributed by atoms with Crippen LogP contribution in [0.15, 0.2) is 103 Å². The molecule has 0 saturated carbocycles. The number of pyridine rings is 1. The molecule has 0 spiro atoms. The van der Waals surface area contributed by atoms with Crippen molar-refractivity contribution in [1.29, 1.82) is 0 Å². The highest BCUT2D eigenvalue weighted by Crippen LogP contribution is 2.44. The molecule has 222 valence electrons. The molecule has 0 bridgehead atoms. The van der Waals surface area contributed by atoms with Gasteiger partial charge in [-0.2, -0.15) is 0 Å². The van der Waals surface area contributed by atoms with E-state index in [0.717, 1.165) is 22.8 Å². The Morgan fingerprint density at radius 2 is 1.61 bits per heavy atom. The average Bonchev–Trinajstić information content (AvgIpc) is 3.52. The van der Waals surface area contributed by atoms with Gasteiger partial charge >= 0.3 is 0 Å². The minimum atomic E-state index is -0.230. The zero-order valence-electron chi connectivity index (χ0n) is 25.2. The number of anilines is 2. The predicted octanol–water partition coefficient (Wildman–Crippen LogP) is 7.30. The third kappa shape index (κ3) is 5.68. The number of carbonyl (C=O) groups is 1. The van der Waals surface area contributed by atoms with Crippen LogP contribution in [0, 0.1) is 27.7 Å². The number of rotatable bonds is 8. The number of nitrogens with zero attached hydrogens (tertiary/aromatic N) is 3. The van der Waals surface area contributed by atoms with Crippen molar-refractivity contribution in [3.8, 4) is 11.4 Å². The highest BCUT2D eigenvalue weighted by Gasteiger charge is 2.42. The van der Waals surface area contributed by atoms with Crippen molar-refractivity contribution >= 4 is 34.6 Å². The van der Waals surface area contributed by atoms with Gasteiger partial charge in [0, 0.05) is 29.0 Å². The molecule has 2 atom stereocenters. The summed E-state index contributed by atoms with van der Waals surface area (Å²) >= 11 is 5.97. The third-order valence-corrected chi connectivity index (χ3v) is 8.41. The Morgan fingerprint density at radius 3 is 2.30 bits per heavy atom. The van der Waals surface area contributed by atoms with Crippen molar-refractivity contribution < 1.29 is 9.53 Å². The van der Waals surface area contributed by atoms with Gasteiger partial charge in [-0.25, -0.2) is 0 Å². The maximum absolute atomic E-state index is 12.6. The molecular weight excluding hydrogens is 566 g/mol. The number of ether oxygens (including phenoxy) is 1. The Morgan fingerprint density at radius 1 is 0.909 bits per heavy atom. The lowest BCUT2D eigenvalue weighted by atomic mass is 9.96. The number of thiocarbonyl (C=S) groups is 1. The Bertz CT molecular complexity index is 1780. The fraction of sp³-hybridized carbons (Fsp3) is 0.194. The summed E-state index contributed by atoms with van der Waals surface area (Å²) in [6, 6.07) is 31.4. The molecule has 2 aromatic heterocycles. The standard InChI is InChI=1S/C36H35N5O2S/c1-23-11-10-12-24(2)34(23)40-25(3)21-30(26(40)4)35-33(31-15-8-9-20-37-31)39-36(44)41(35)28-18-16-27(17-19-28)38-32(42)22-43-29-13-6-5-7-14-29/h5-21,33,35H,22H2,1-4H3,(H,38,42)(H,39,44)/t33-,35+/m1/s1. The molecule has 1 fully saturated rings. The molecule has 1 aliphatic rings. The summed E-state index contributed by atoms with van der Waals surface area (Å²) in [6.45, 7) is 8.58. The summed E-state index contributed by atoms with van der Waals surface area (Å²) in [6.07, 6.45) is 1.82. The first-order valence-electron chi connectivity index (χ1n) is 14.7. The van der Waals surface area contributed by atoms with Gasteiger partial charge in [-0.05, 0) is 111 Å². The summed E-state index contributed by atoms with van der Waals surface area (Å²) in [5.74, 6) is 0.422. The van der Waals surface area contributed by atoms with Crippen LogP contribution in [0.1, 0.15) is 45.9 Å². The Labute approximate surface area is 263 Å². The smallest absolute Gasteiger partial charge is 0.262 e. The summed E-state index contributed by atoms with van der Waals surface area (Å²) in [5, 5.41) is 7.11. The van der Waals surface area contributed by atoms with Crippen molar-refractivity contribution in [2.45, 2.75) is 39.8 Å². The van der Waals surface area contributed by atoms with E-state index in [1.165, 1.54) is 22.4 Å². The van der Waals surface area contributed by atoms with Crippen molar-refractivity contribution in [3.05, 3.63) is 137 Å². The fourth-order valence-electron chi connectivity index (χ4n) is 6.11. The maximum Gasteiger partial charge on any atom is 0.262 e.